The van der Waals surface area contributed by atoms with Gasteiger partial charge < -0.3 is 19.4 Å². The molecule has 10 heteroatoms. The number of hydrogen-bond donors (Lipinski definition) is 1. The van der Waals surface area contributed by atoms with Crippen molar-refractivity contribution in [1.29, 1.82) is 0 Å². The summed E-state index contributed by atoms with van der Waals surface area (Å²) >= 11 is 2.67. The third kappa shape index (κ3) is 5.87. The van der Waals surface area contributed by atoms with Gasteiger partial charge in [0.2, 0.25) is 5.91 Å². The molecule has 180 valence electrons. The molecule has 0 saturated carbocycles. The van der Waals surface area contributed by atoms with Crippen LogP contribution in [0.5, 0.6) is 5.75 Å². The van der Waals surface area contributed by atoms with Gasteiger partial charge in [-0.2, -0.15) is 0 Å². The molecule has 2 heterocycles. The Morgan fingerprint density at radius 2 is 1.97 bits per heavy atom. The van der Waals surface area contributed by atoms with Gasteiger partial charge in [0.1, 0.15) is 16.6 Å². The molecule has 8 nitrogen and oxygen atoms in total. The number of allylic oxidation sites excluding steroid dienone is 1. The van der Waals surface area contributed by atoms with Crippen molar-refractivity contribution in [3.8, 4) is 5.75 Å². The van der Waals surface area contributed by atoms with Crippen LogP contribution >= 0.6 is 23.1 Å². The first-order valence-electron chi connectivity index (χ1n) is 10.7. The molecule has 1 N–H and O–H groups in total. The molecule has 0 bridgehead atoms. The fourth-order valence-corrected chi connectivity index (χ4v) is 5.41. The fourth-order valence-electron chi connectivity index (χ4n) is 3.50. The van der Waals surface area contributed by atoms with Gasteiger partial charge in [-0.1, -0.05) is 36.9 Å². The number of aromatic nitrogens is 3. The Morgan fingerprint density at radius 1 is 1.24 bits per heavy atom. The molecule has 0 aliphatic carbocycles. The molecule has 0 aliphatic rings. The minimum Gasteiger partial charge on any atom is -0.497 e. The molecule has 3 rings (SSSR count). The van der Waals surface area contributed by atoms with Crippen molar-refractivity contribution in [1.82, 2.24) is 14.8 Å². The predicted octanol–water partition coefficient (Wildman–Crippen LogP) is 4.51. The Morgan fingerprint density at radius 3 is 2.59 bits per heavy atom. The lowest BCUT2D eigenvalue weighted by Gasteiger charge is -2.09. The monoisotopic (exact) mass is 500 g/mol. The van der Waals surface area contributed by atoms with E-state index in [9.17, 15) is 9.59 Å². The first kappa shape index (κ1) is 25.5. The second-order valence-electron chi connectivity index (χ2n) is 7.35. The molecule has 2 aromatic heterocycles. The standard InChI is InChI=1S/C24H28N4O4S2/c1-6-12-28-19(13-16-8-10-17(31-4)11-9-16)26-27-24(28)33-14-20(29)25-22-21(23(30)32-5)18(7-2)15(3)34-22/h6,8-11H,1,7,12-14H2,2-5H3,(H,25,29). The summed E-state index contributed by atoms with van der Waals surface area (Å²) < 4.78 is 12.1. The summed E-state index contributed by atoms with van der Waals surface area (Å²) in [5.41, 5.74) is 2.40. The molecule has 0 saturated heterocycles. The Balaban J connectivity index is 1.71. The number of methoxy groups -OCH3 is 2. The van der Waals surface area contributed by atoms with Gasteiger partial charge in [-0.3, -0.25) is 4.79 Å². The summed E-state index contributed by atoms with van der Waals surface area (Å²) in [6.45, 7) is 8.26. The molecular formula is C24H28N4O4S2. The van der Waals surface area contributed by atoms with E-state index in [1.807, 2.05) is 42.7 Å². The average Bonchev–Trinajstić information content (AvgIpc) is 3.37. The maximum absolute atomic E-state index is 12.7. The number of thiophene rings is 1. The van der Waals surface area contributed by atoms with Crippen LogP contribution in [0.25, 0.3) is 0 Å². The van der Waals surface area contributed by atoms with Crippen LogP contribution < -0.4 is 10.1 Å². The van der Waals surface area contributed by atoms with Crippen LogP contribution in [0.15, 0.2) is 42.1 Å². The Hall–Kier alpha value is -3.11. The van der Waals surface area contributed by atoms with E-state index in [0.29, 0.717) is 35.1 Å². The minimum atomic E-state index is -0.446. The number of amides is 1. The number of ether oxygens (including phenoxy) is 2. The van der Waals surface area contributed by atoms with Crippen molar-refractivity contribution in [2.24, 2.45) is 0 Å². The molecule has 0 aliphatic heterocycles. The Kier molecular flexibility index (Phi) is 8.89. The van der Waals surface area contributed by atoms with Crippen LogP contribution in [0.1, 0.15) is 39.1 Å². The van der Waals surface area contributed by atoms with Gasteiger partial charge in [-0.05, 0) is 36.6 Å². The lowest BCUT2D eigenvalue weighted by molar-refractivity contribution is -0.113. The lowest BCUT2D eigenvalue weighted by atomic mass is 10.1. The van der Waals surface area contributed by atoms with E-state index < -0.39 is 5.97 Å². The number of benzene rings is 1. The van der Waals surface area contributed by atoms with Gasteiger partial charge in [0.05, 0.1) is 25.5 Å². The zero-order valence-electron chi connectivity index (χ0n) is 19.7. The second-order valence-corrected chi connectivity index (χ2v) is 9.51. The second kappa shape index (κ2) is 11.8. The summed E-state index contributed by atoms with van der Waals surface area (Å²) in [4.78, 5) is 26.0. The van der Waals surface area contributed by atoms with Gasteiger partial charge >= 0.3 is 5.97 Å². The van der Waals surface area contributed by atoms with E-state index >= 15 is 0 Å². The molecule has 3 aromatic rings. The van der Waals surface area contributed by atoms with E-state index in [2.05, 4.69) is 22.1 Å². The molecule has 0 fully saturated rings. The molecular weight excluding hydrogens is 472 g/mol. The summed E-state index contributed by atoms with van der Waals surface area (Å²) in [5, 5.41) is 12.6. The van der Waals surface area contributed by atoms with Crippen LogP contribution in [-0.2, 0) is 28.9 Å². The van der Waals surface area contributed by atoms with E-state index in [1.165, 1.54) is 30.2 Å². The normalized spacial score (nSPS) is 10.7. The number of hydrogen-bond acceptors (Lipinski definition) is 8. The summed E-state index contributed by atoms with van der Waals surface area (Å²) in [5.74, 6) is 1.02. The maximum Gasteiger partial charge on any atom is 0.341 e. The summed E-state index contributed by atoms with van der Waals surface area (Å²) in [7, 11) is 2.97. The van der Waals surface area contributed by atoms with Crippen molar-refractivity contribution >= 4 is 40.0 Å². The number of nitrogens with one attached hydrogen (secondary N) is 1. The van der Waals surface area contributed by atoms with Crippen LogP contribution in [0.4, 0.5) is 5.00 Å². The van der Waals surface area contributed by atoms with Crippen molar-refractivity contribution < 1.29 is 19.1 Å². The quantitative estimate of drug-likeness (QED) is 0.235. The first-order valence-corrected chi connectivity index (χ1v) is 12.5. The minimum absolute atomic E-state index is 0.122. The number of esters is 1. The highest BCUT2D eigenvalue weighted by Crippen LogP contribution is 2.34. The summed E-state index contributed by atoms with van der Waals surface area (Å²) in [6, 6.07) is 7.78. The zero-order chi connectivity index (χ0) is 24.7. The van der Waals surface area contributed by atoms with Crippen molar-refractivity contribution in [2.75, 3.05) is 25.3 Å². The van der Waals surface area contributed by atoms with Crippen LogP contribution in [-0.4, -0.2) is 46.6 Å². The number of thioether (sulfide) groups is 1. The molecule has 1 amide bonds. The number of carbonyl (C=O) groups is 2. The molecule has 34 heavy (non-hydrogen) atoms. The predicted molar refractivity (Wildman–Crippen MR) is 135 cm³/mol. The SMILES string of the molecule is C=CCn1c(Cc2ccc(OC)cc2)nnc1SCC(=O)Nc1sc(C)c(CC)c1C(=O)OC. The molecule has 0 radical (unpaired) electrons. The number of rotatable bonds is 11. The van der Waals surface area contributed by atoms with Gasteiger partial charge in [-0.25, -0.2) is 4.79 Å². The maximum atomic E-state index is 12.7. The van der Waals surface area contributed by atoms with E-state index in [-0.39, 0.29) is 11.7 Å². The van der Waals surface area contributed by atoms with E-state index in [1.54, 1.807) is 13.2 Å². The Labute approximate surface area is 207 Å². The zero-order valence-corrected chi connectivity index (χ0v) is 21.3. The largest absolute Gasteiger partial charge is 0.497 e. The highest BCUT2D eigenvalue weighted by molar-refractivity contribution is 7.99. The number of carbonyl (C=O) groups excluding carboxylic acids is 2. The van der Waals surface area contributed by atoms with Crippen LogP contribution in [0.3, 0.4) is 0 Å². The molecule has 1 aromatic carbocycles. The van der Waals surface area contributed by atoms with Crippen molar-refractivity contribution in [2.45, 2.75) is 38.4 Å². The lowest BCUT2D eigenvalue weighted by Crippen LogP contribution is -2.16. The molecule has 0 spiro atoms. The third-order valence-corrected chi connectivity index (χ3v) is 7.19. The van der Waals surface area contributed by atoms with E-state index in [4.69, 9.17) is 9.47 Å². The molecule has 0 atom stereocenters. The third-order valence-electron chi connectivity index (χ3n) is 5.16. The van der Waals surface area contributed by atoms with Gasteiger partial charge in [0.15, 0.2) is 5.16 Å². The molecule has 0 unspecified atom stereocenters. The topological polar surface area (TPSA) is 95.3 Å². The van der Waals surface area contributed by atoms with Crippen molar-refractivity contribution in [3.63, 3.8) is 0 Å². The van der Waals surface area contributed by atoms with Crippen LogP contribution in [0, 0.1) is 6.92 Å². The number of aryl methyl sites for hydroxylation is 1. The highest BCUT2D eigenvalue weighted by atomic mass is 32.2. The van der Waals surface area contributed by atoms with Crippen molar-refractivity contribution in [3.05, 3.63) is 64.3 Å². The Bertz CT molecular complexity index is 1170. The van der Waals surface area contributed by atoms with E-state index in [0.717, 1.165) is 27.6 Å². The van der Waals surface area contributed by atoms with Gasteiger partial charge in [-0.15, -0.1) is 28.1 Å². The summed E-state index contributed by atoms with van der Waals surface area (Å²) in [6.07, 6.45) is 3.04. The fraction of sp³-hybridized carbons (Fsp3) is 0.333. The van der Waals surface area contributed by atoms with Gasteiger partial charge in [0, 0.05) is 17.8 Å². The highest BCUT2D eigenvalue weighted by Gasteiger charge is 2.23. The smallest absolute Gasteiger partial charge is 0.341 e. The first-order chi connectivity index (χ1) is 16.4. The van der Waals surface area contributed by atoms with Crippen LogP contribution in [0.2, 0.25) is 0 Å². The number of nitrogens with zero attached hydrogens (tertiary/aromatic N) is 3. The van der Waals surface area contributed by atoms with Gasteiger partial charge in [0.25, 0.3) is 0 Å². The number of anilines is 1. The average molecular weight is 501 g/mol.